The maximum absolute atomic E-state index is 11.9. The lowest BCUT2D eigenvalue weighted by atomic mass is 9.99. The first-order valence-corrected chi connectivity index (χ1v) is 6.43. The van der Waals surface area contributed by atoms with Crippen LogP contribution in [0.4, 0.5) is 0 Å². The van der Waals surface area contributed by atoms with Crippen molar-refractivity contribution in [2.45, 2.75) is 18.9 Å². The number of amides is 1. The van der Waals surface area contributed by atoms with Crippen molar-refractivity contribution >= 4 is 5.91 Å². The van der Waals surface area contributed by atoms with E-state index in [1.165, 1.54) is 0 Å². The standard InChI is InChI=1S/C14H20N2O2/c15-13(11-4-2-1-3-5-11)10-16-14(17)12-6-8-18-9-7-12/h1-5,12-13H,6-10,15H2,(H,16,17). The number of benzene rings is 1. The number of hydrogen-bond acceptors (Lipinski definition) is 3. The van der Waals surface area contributed by atoms with Crippen LogP contribution >= 0.6 is 0 Å². The summed E-state index contributed by atoms with van der Waals surface area (Å²) in [6.07, 6.45) is 1.62. The SMILES string of the molecule is NC(CNC(=O)C1CCOCC1)c1ccccc1. The summed E-state index contributed by atoms with van der Waals surface area (Å²) in [6.45, 7) is 1.85. The summed E-state index contributed by atoms with van der Waals surface area (Å²) >= 11 is 0. The zero-order chi connectivity index (χ0) is 12.8. The Morgan fingerprint density at radius 2 is 2.00 bits per heavy atom. The quantitative estimate of drug-likeness (QED) is 0.842. The van der Waals surface area contributed by atoms with Crippen molar-refractivity contribution in [2.75, 3.05) is 19.8 Å². The van der Waals surface area contributed by atoms with Gasteiger partial charge < -0.3 is 15.8 Å². The Labute approximate surface area is 108 Å². The molecular weight excluding hydrogens is 228 g/mol. The molecule has 0 aliphatic carbocycles. The van der Waals surface area contributed by atoms with E-state index < -0.39 is 0 Å². The predicted octanol–water partition coefficient (Wildman–Crippen LogP) is 1.23. The van der Waals surface area contributed by atoms with Crippen LogP contribution in [0.3, 0.4) is 0 Å². The van der Waals surface area contributed by atoms with Crippen molar-refractivity contribution in [2.24, 2.45) is 11.7 Å². The Hall–Kier alpha value is -1.39. The lowest BCUT2D eigenvalue weighted by Gasteiger charge is -2.22. The minimum Gasteiger partial charge on any atom is -0.381 e. The molecule has 0 spiro atoms. The molecule has 4 heteroatoms. The number of nitrogens with two attached hydrogens (primary N) is 1. The average molecular weight is 248 g/mol. The number of rotatable bonds is 4. The summed E-state index contributed by atoms with van der Waals surface area (Å²) in [4.78, 5) is 11.9. The topological polar surface area (TPSA) is 64.3 Å². The molecule has 18 heavy (non-hydrogen) atoms. The van der Waals surface area contributed by atoms with Gasteiger partial charge in [-0.2, -0.15) is 0 Å². The zero-order valence-corrected chi connectivity index (χ0v) is 10.5. The van der Waals surface area contributed by atoms with Gasteiger partial charge in [0.15, 0.2) is 0 Å². The van der Waals surface area contributed by atoms with Crippen molar-refractivity contribution in [1.82, 2.24) is 5.32 Å². The molecule has 98 valence electrons. The van der Waals surface area contributed by atoms with Gasteiger partial charge >= 0.3 is 0 Å². The molecule has 1 unspecified atom stereocenters. The molecule has 1 aliphatic rings. The van der Waals surface area contributed by atoms with Crippen LogP contribution in [0, 0.1) is 5.92 Å². The van der Waals surface area contributed by atoms with Crippen molar-refractivity contribution in [3.63, 3.8) is 0 Å². The predicted molar refractivity (Wildman–Crippen MR) is 69.9 cm³/mol. The molecule has 0 saturated carbocycles. The Morgan fingerprint density at radius 3 is 2.67 bits per heavy atom. The van der Waals surface area contributed by atoms with Crippen LogP contribution in [-0.2, 0) is 9.53 Å². The van der Waals surface area contributed by atoms with E-state index in [4.69, 9.17) is 10.5 Å². The highest BCUT2D eigenvalue weighted by Crippen LogP contribution is 2.15. The Balaban J connectivity index is 1.78. The van der Waals surface area contributed by atoms with E-state index in [9.17, 15) is 4.79 Å². The minimum atomic E-state index is -0.144. The van der Waals surface area contributed by atoms with E-state index in [0.29, 0.717) is 19.8 Å². The molecule has 1 atom stereocenters. The van der Waals surface area contributed by atoms with Crippen molar-refractivity contribution in [1.29, 1.82) is 0 Å². The third kappa shape index (κ3) is 3.55. The summed E-state index contributed by atoms with van der Waals surface area (Å²) in [5.74, 6) is 0.186. The fourth-order valence-electron chi connectivity index (χ4n) is 2.13. The summed E-state index contributed by atoms with van der Waals surface area (Å²) < 4.78 is 5.24. The van der Waals surface area contributed by atoms with Crippen LogP contribution in [0.1, 0.15) is 24.4 Å². The normalized spacial score (nSPS) is 18.3. The fourth-order valence-corrected chi connectivity index (χ4v) is 2.13. The van der Waals surface area contributed by atoms with Gasteiger partial charge in [-0.1, -0.05) is 30.3 Å². The van der Waals surface area contributed by atoms with Crippen LogP contribution in [0.15, 0.2) is 30.3 Å². The van der Waals surface area contributed by atoms with Crippen molar-refractivity contribution in [3.05, 3.63) is 35.9 Å². The van der Waals surface area contributed by atoms with E-state index in [-0.39, 0.29) is 17.9 Å². The second kappa shape index (κ2) is 6.52. The Kier molecular flexibility index (Phi) is 4.73. The molecule has 1 heterocycles. The van der Waals surface area contributed by atoms with E-state index in [0.717, 1.165) is 18.4 Å². The van der Waals surface area contributed by atoms with Gasteiger partial charge in [0.05, 0.1) is 0 Å². The van der Waals surface area contributed by atoms with Crippen LogP contribution < -0.4 is 11.1 Å². The smallest absolute Gasteiger partial charge is 0.223 e. The van der Waals surface area contributed by atoms with Crippen LogP contribution in [0.2, 0.25) is 0 Å². The van der Waals surface area contributed by atoms with Gasteiger partial charge in [0.25, 0.3) is 0 Å². The molecule has 1 amide bonds. The molecule has 0 bridgehead atoms. The summed E-state index contributed by atoms with van der Waals surface area (Å²) in [7, 11) is 0. The second-order valence-electron chi connectivity index (χ2n) is 4.65. The van der Waals surface area contributed by atoms with E-state index in [2.05, 4.69) is 5.32 Å². The molecule has 1 fully saturated rings. The molecule has 2 rings (SSSR count). The largest absolute Gasteiger partial charge is 0.381 e. The first-order chi connectivity index (χ1) is 8.77. The summed E-state index contributed by atoms with van der Waals surface area (Å²) in [5, 5.41) is 2.93. The number of hydrogen-bond donors (Lipinski definition) is 2. The third-order valence-electron chi connectivity index (χ3n) is 3.32. The van der Waals surface area contributed by atoms with Crippen LogP contribution in [0.25, 0.3) is 0 Å². The monoisotopic (exact) mass is 248 g/mol. The Bertz CT molecular complexity index is 375. The second-order valence-corrected chi connectivity index (χ2v) is 4.65. The highest BCUT2D eigenvalue weighted by atomic mass is 16.5. The van der Waals surface area contributed by atoms with Crippen molar-refractivity contribution < 1.29 is 9.53 Å². The maximum atomic E-state index is 11.9. The zero-order valence-electron chi connectivity index (χ0n) is 10.5. The fraction of sp³-hybridized carbons (Fsp3) is 0.500. The van der Waals surface area contributed by atoms with Crippen LogP contribution in [0.5, 0.6) is 0 Å². The summed E-state index contributed by atoms with van der Waals surface area (Å²) in [6, 6.07) is 9.67. The van der Waals surface area contributed by atoms with Gasteiger partial charge in [0, 0.05) is 31.7 Å². The first-order valence-electron chi connectivity index (χ1n) is 6.43. The van der Waals surface area contributed by atoms with Gasteiger partial charge in [-0.3, -0.25) is 4.79 Å². The molecule has 4 nitrogen and oxygen atoms in total. The molecule has 1 saturated heterocycles. The number of carbonyl (C=O) groups is 1. The molecule has 1 aromatic rings. The molecule has 0 aromatic heterocycles. The molecule has 3 N–H and O–H groups in total. The van der Waals surface area contributed by atoms with Gasteiger partial charge in [0.2, 0.25) is 5.91 Å². The molecular formula is C14H20N2O2. The van der Waals surface area contributed by atoms with Gasteiger partial charge in [-0.05, 0) is 18.4 Å². The van der Waals surface area contributed by atoms with Gasteiger partial charge in [-0.25, -0.2) is 0 Å². The average Bonchev–Trinajstić information content (AvgIpc) is 2.46. The highest BCUT2D eigenvalue weighted by molar-refractivity contribution is 5.78. The summed E-state index contributed by atoms with van der Waals surface area (Å²) in [5.41, 5.74) is 7.08. The molecule has 1 aromatic carbocycles. The minimum absolute atomic E-state index is 0.0849. The maximum Gasteiger partial charge on any atom is 0.223 e. The van der Waals surface area contributed by atoms with E-state index in [1.807, 2.05) is 30.3 Å². The molecule has 1 aliphatic heterocycles. The number of ether oxygens (including phenoxy) is 1. The van der Waals surface area contributed by atoms with Gasteiger partial charge in [0.1, 0.15) is 0 Å². The van der Waals surface area contributed by atoms with Gasteiger partial charge in [-0.15, -0.1) is 0 Å². The van der Waals surface area contributed by atoms with E-state index in [1.54, 1.807) is 0 Å². The third-order valence-corrected chi connectivity index (χ3v) is 3.32. The number of nitrogens with one attached hydrogen (secondary N) is 1. The molecule has 0 radical (unpaired) electrons. The number of carbonyl (C=O) groups excluding carboxylic acids is 1. The first kappa shape index (κ1) is 13.1. The Morgan fingerprint density at radius 1 is 1.33 bits per heavy atom. The van der Waals surface area contributed by atoms with Crippen molar-refractivity contribution in [3.8, 4) is 0 Å². The van der Waals surface area contributed by atoms with E-state index >= 15 is 0 Å². The van der Waals surface area contributed by atoms with Crippen LogP contribution in [-0.4, -0.2) is 25.7 Å². The highest BCUT2D eigenvalue weighted by Gasteiger charge is 2.21. The lowest BCUT2D eigenvalue weighted by Crippen LogP contribution is -2.38. The lowest BCUT2D eigenvalue weighted by molar-refractivity contribution is -0.127.